The first-order chi connectivity index (χ1) is 9.93. The fourth-order valence-electron chi connectivity index (χ4n) is 3.30. The van der Waals surface area contributed by atoms with Crippen molar-refractivity contribution in [1.29, 1.82) is 0 Å². The quantitative estimate of drug-likeness (QED) is 0.925. The highest BCUT2D eigenvalue weighted by Gasteiger charge is 2.30. The third-order valence-electron chi connectivity index (χ3n) is 5.04. The van der Waals surface area contributed by atoms with E-state index in [2.05, 4.69) is 68.8 Å². The van der Waals surface area contributed by atoms with Gasteiger partial charge in [-0.3, -0.25) is 9.80 Å². The van der Waals surface area contributed by atoms with E-state index in [1.165, 1.54) is 11.1 Å². The van der Waals surface area contributed by atoms with Crippen LogP contribution in [0.2, 0.25) is 0 Å². The van der Waals surface area contributed by atoms with Crippen molar-refractivity contribution in [2.24, 2.45) is 5.73 Å². The third kappa shape index (κ3) is 3.65. The van der Waals surface area contributed by atoms with Crippen LogP contribution in [0, 0.1) is 0 Å². The Morgan fingerprint density at radius 3 is 1.95 bits per heavy atom. The van der Waals surface area contributed by atoms with Gasteiger partial charge in [-0.1, -0.05) is 38.1 Å². The van der Waals surface area contributed by atoms with Crippen molar-refractivity contribution < 1.29 is 0 Å². The maximum Gasteiger partial charge on any atom is 0.0471 e. The highest BCUT2D eigenvalue weighted by molar-refractivity contribution is 5.27. The van der Waals surface area contributed by atoms with E-state index in [4.69, 9.17) is 5.73 Å². The molecule has 2 N–H and O–H groups in total. The fraction of sp³-hybridized carbons (Fsp3) is 0.667. The molecular weight excluding hydrogens is 258 g/mol. The van der Waals surface area contributed by atoms with Gasteiger partial charge in [-0.2, -0.15) is 0 Å². The summed E-state index contributed by atoms with van der Waals surface area (Å²) in [4.78, 5) is 5.02. The first kappa shape index (κ1) is 16.5. The Bertz CT molecular complexity index is 428. The summed E-state index contributed by atoms with van der Waals surface area (Å²) in [7, 11) is 2.22. The molecule has 3 atom stereocenters. The van der Waals surface area contributed by atoms with Gasteiger partial charge >= 0.3 is 0 Å². The number of nitrogens with two attached hydrogens (primary N) is 1. The molecule has 1 aromatic carbocycles. The first-order valence-electron chi connectivity index (χ1n) is 8.20. The molecule has 1 aromatic rings. The maximum atomic E-state index is 6.10. The van der Waals surface area contributed by atoms with Crippen molar-refractivity contribution in [3.8, 4) is 0 Å². The molecule has 21 heavy (non-hydrogen) atoms. The molecule has 0 spiro atoms. The zero-order chi connectivity index (χ0) is 15.6. The molecule has 0 saturated carbocycles. The van der Waals surface area contributed by atoms with Crippen molar-refractivity contribution in [3.63, 3.8) is 0 Å². The lowest BCUT2D eigenvalue weighted by Gasteiger charge is -2.45. The zero-order valence-corrected chi connectivity index (χ0v) is 14.2. The SMILES string of the molecule is CC(C)c1ccc(C(CN)N2CC(C)N(C)C(C)C2)cc1. The number of rotatable bonds is 4. The van der Waals surface area contributed by atoms with E-state index in [0.717, 1.165) is 13.1 Å². The zero-order valence-electron chi connectivity index (χ0n) is 14.2. The molecule has 3 heteroatoms. The first-order valence-corrected chi connectivity index (χ1v) is 8.20. The summed E-state index contributed by atoms with van der Waals surface area (Å²) in [6.07, 6.45) is 0. The van der Waals surface area contributed by atoms with E-state index < -0.39 is 0 Å². The second-order valence-corrected chi connectivity index (χ2v) is 6.89. The molecular formula is C18H31N3. The van der Waals surface area contributed by atoms with Crippen LogP contribution < -0.4 is 5.73 Å². The van der Waals surface area contributed by atoms with Gasteiger partial charge in [0.2, 0.25) is 0 Å². The van der Waals surface area contributed by atoms with Crippen LogP contribution in [0.25, 0.3) is 0 Å². The largest absolute Gasteiger partial charge is 0.329 e. The molecule has 0 aliphatic carbocycles. The Balaban J connectivity index is 2.15. The van der Waals surface area contributed by atoms with Gasteiger partial charge in [0.15, 0.2) is 0 Å². The van der Waals surface area contributed by atoms with Crippen molar-refractivity contribution in [2.75, 3.05) is 26.7 Å². The maximum absolute atomic E-state index is 6.10. The van der Waals surface area contributed by atoms with Crippen molar-refractivity contribution >= 4 is 0 Å². The molecule has 1 fully saturated rings. The molecule has 0 aromatic heterocycles. The molecule has 1 aliphatic rings. The van der Waals surface area contributed by atoms with E-state index in [-0.39, 0.29) is 0 Å². The number of piperazine rings is 1. The van der Waals surface area contributed by atoms with Gasteiger partial charge in [0.05, 0.1) is 0 Å². The van der Waals surface area contributed by atoms with Crippen LogP contribution in [0.4, 0.5) is 0 Å². The van der Waals surface area contributed by atoms with Gasteiger partial charge in [0.25, 0.3) is 0 Å². The summed E-state index contributed by atoms with van der Waals surface area (Å²) in [6.45, 7) is 11.9. The fourth-order valence-corrected chi connectivity index (χ4v) is 3.30. The number of hydrogen-bond donors (Lipinski definition) is 1. The molecule has 118 valence electrons. The molecule has 2 rings (SSSR count). The smallest absolute Gasteiger partial charge is 0.0471 e. The Hall–Kier alpha value is -0.900. The van der Waals surface area contributed by atoms with Crippen LogP contribution in [-0.2, 0) is 0 Å². The molecule has 0 radical (unpaired) electrons. The molecule has 0 bridgehead atoms. The standard InChI is InChI=1S/C18H31N3/c1-13(2)16-6-8-17(9-7-16)18(10-19)21-11-14(3)20(5)15(4)12-21/h6-9,13-15,18H,10-12,19H2,1-5H3. The Kier molecular flexibility index (Phi) is 5.42. The average Bonchev–Trinajstić information content (AvgIpc) is 2.46. The van der Waals surface area contributed by atoms with Gasteiger partial charge in [0.1, 0.15) is 0 Å². The number of benzene rings is 1. The highest BCUT2D eigenvalue weighted by Crippen LogP contribution is 2.26. The molecule has 1 aliphatic heterocycles. The highest BCUT2D eigenvalue weighted by atomic mass is 15.3. The van der Waals surface area contributed by atoms with Crippen molar-refractivity contribution in [1.82, 2.24) is 9.80 Å². The van der Waals surface area contributed by atoms with Gasteiger partial charge in [0, 0.05) is 37.8 Å². The monoisotopic (exact) mass is 289 g/mol. The van der Waals surface area contributed by atoms with E-state index in [9.17, 15) is 0 Å². The molecule has 1 saturated heterocycles. The van der Waals surface area contributed by atoms with Gasteiger partial charge in [-0.25, -0.2) is 0 Å². The number of hydrogen-bond acceptors (Lipinski definition) is 3. The lowest BCUT2D eigenvalue weighted by molar-refractivity contribution is 0.0352. The minimum Gasteiger partial charge on any atom is -0.329 e. The van der Waals surface area contributed by atoms with Crippen LogP contribution in [0.1, 0.15) is 50.8 Å². The van der Waals surface area contributed by atoms with E-state index in [1.54, 1.807) is 0 Å². The van der Waals surface area contributed by atoms with Crippen molar-refractivity contribution in [2.45, 2.75) is 51.7 Å². The predicted molar refractivity (Wildman–Crippen MR) is 90.6 cm³/mol. The van der Waals surface area contributed by atoms with Crippen LogP contribution in [-0.4, -0.2) is 48.6 Å². The van der Waals surface area contributed by atoms with Gasteiger partial charge < -0.3 is 5.73 Å². The average molecular weight is 289 g/mol. The Morgan fingerprint density at radius 2 is 1.52 bits per heavy atom. The summed E-state index contributed by atoms with van der Waals surface area (Å²) in [5.74, 6) is 0.582. The minimum atomic E-state index is 0.338. The second kappa shape index (κ2) is 6.91. The third-order valence-corrected chi connectivity index (χ3v) is 5.04. The van der Waals surface area contributed by atoms with Crippen LogP contribution in [0.5, 0.6) is 0 Å². The summed E-state index contributed by atoms with van der Waals surface area (Å²) in [5.41, 5.74) is 8.85. The lowest BCUT2D eigenvalue weighted by Crippen LogP contribution is -2.56. The Morgan fingerprint density at radius 1 is 1.05 bits per heavy atom. The topological polar surface area (TPSA) is 32.5 Å². The predicted octanol–water partition coefficient (Wildman–Crippen LogP) is 2.83. The number of likely N-dealkylation sites (N-methyl/N-ethyl adjacent to an activating group) is 1. The second-order valence-electron chi connectivity index (χ2n) is 6.89. The Labute approximate surface area is 130 Å². The number of nitrogens with zero attached hydrogens (tertiary/aromatic N) is 2. The minimum absolute atomic E-state index is 0.338. The normalized spacial score (nSPS) is 26.2. The molecule has 3 nitrogen and oxygen atoms in total. The van der Waals surface area contributed by atoms with Crippen LogP contribution >= 0.6 is 0 Å². The molecule has 1 heterocycles. The van der Waals surface area contributed by atoms with Crippen LogP contribution in [0.3, 0.4) is 0 Å². The van der Waals surface area contributed by atoms with E-state index in [0.29, 0.717) is 30.6 Å². The summed E-state index contributed by atoms with van der Waals surface area (Å²) >= 11 is 0. The van der Waals surface area contributed by atoms with Gasteiger partial charge in [-0.15, -0.1) is 0 Å². The summed E-state index contributed by atoms with van der Waals surface area (Å²) in [5, 5.41) is 0. The summed E-state index contributed by atoms with van der Waals surface area (Å²) < 4.78 is 0. The van der Waals surface area contributed by atoms with Crippen LogP contribution in [0.15, 0.2) is 24.3 Å². The lowest BCUT2D eigenvalue weighted by atomic mass is 9.97. The molecule has 0 amide bonds. The van der Waals surface area contributed by atoms with E-state index >= 15 is 0 Å². The molecule has 3 unspecified atom stereocenters. The van der Waals surface area contributed by atoms with Gasteiger partial charge in [-0.05, 0) is 37.9 Å². The summed E-state index contributed by atoms with van der Waals surface area (Å²) in [6, 6.07) is 10.5. The van der Waals surface area contributed by atoms with E-state index in [1.807, 2.05) is 0 Å². The van der Waals surface area contributed by atoms with Crippen molar-refractivity contribution in [3.05, 3.63) is 35.4 Å².